The Morgan fingerprint density at radius 3 is 2.73 bits per heavy atom. The van der Waals surface area contributed by atoms with Crippen LogP contribution in [0.4, 0.5) is 0 Å². The number of aliphatic carboxylic acids is 1. The van der Waals surface area contributed by atoms with Gasteiger partial charge in [0.05, 0.1) is 6.61 Å². The van der Waals surface area contributed by atoms with Crippen molar-refractivity contribution in [3.63, 3.8) is 0 Å². The zero-order valence-electron chi connectivity index (χ0n) is 9.58. The molecule has 0 aromatic heterocycles. The molecule has 0 saturated heterocycles. The molecule has 1 atom stereocenters. The monoisotopic (exact) mass is 215 g/mol. The quantitative estimate of drug-likeness (QED) is 0.601. The molecule has 4 heteroatoms. The number of nitrogens with one attached hydrogen (secondary N) is 1. The molecule has 1 aliphatic rings. The molecule has 15 heavy (non-hydrogen) atoms. The molecule has 0 aromatic rings. The molecular formula is C11H21NO3. The average Bonchev–Trinajstić information content (AvgIpc) is 2.96. The largest absolute Gasteiger partial charge is 0.480 e. The summed E-state index contributed by atoms with van der Waals surface area (Å²) in [4.78, 5) is 11.1. The van der Waals surface area contributed by atoms with Gasteiger partial charge in [-0.05, 0) is 26.2 Å². The minimum atomic E-state index is -0.922. The number of hydrogen-bond acceptors (Lipinski definition) is 3. The van der Waals surface area contributed by atoms with Crippen LogP contribution in [0, 0.1) is 0 Å². The maximum absolute atomic E-state index is 11.1. The number of hydrogen-bond donors (Lipinski definition) is 2. The van der Waals surface area contributed by atoms with Crippen molar-refractivity contribution in [2.45, 2.75) is 51.1 Å². The van der Waals surface area contributed by atoms with Crippen LogP contribution in [0.25, 0.3) is 0 Å². The standard InChI is InChI=1S/C11H21NO3/c1-3-4-7-15-8-11(2,10(13)14)12-9-5-6-9/h9,12H,3-8H2,1-2H3,(H,13,14). The Morgan fingerprint density at radius 1 is 1.60 bits per heavy atom. The van der Waals surface area contributed by atoms with E-state index in [1.165, 1.54) is 0 Å². The topological polar surface area (TPSA) is 58.6 Å². The van der Waals surface area contributed by atoms with Crippen molar-refractivity contribution < 1.29 is 14.6 Å². The second-order valence-corrected chi connectivity index (χ2v) is 4.46. The number of rotatable bonds is 8. The van der Waals surface area contributed by atoms with Gasteiger partial charge in [-0.3, -0.25) is 10.1 Å². The number of carbonyl (C=O) groups is 1. The van der Waals surface area contributed by atoms with Crippen LogP contribution in [0.15, 0.2) is 0 Å². The molecule has 0 spiro atoms. The predicted octanol–water partition coefficient (Wildman–Crippen LogP) is 1.40. The SMILES string of the molecule is CCCCOCC(C)(NC1CC1)C(=O)O. The van der Waals surface area contributed by atoms with Crippen molar-refractivity contribution in [1.82, 2.24) is 5.32 Å². The molecule has 4 nitrogen and oxygen atoms in total. The molecule has 0 bridgehead atoms. The minimum Gasteiger partial charge on any atom is -0.480 e. The Hall–Kier alpha value is -0.610. The zero-order valence-corrected chi connectivity index (χ0v) is 9.58. The summed E-state index contributed by atoms with van der Waals surface area (Å²) in [6.07, 6.45) is 4.22. The summed E-state index contributed by atoms with van der Waals surface area (Å²) in [5, 5.41) is 12.2. The highest BCUT2D eigenvalue weighted by Crippen LogP contribution is 2.22. The van der Waals surface area contributed by atoms with Crippen molar-refractivity contribution in [2.24, 2.45) is 0 Å². The second kappa shape index (κ2) is 5.47. The Balaban J connectivity index is 2.31. The van der Waals surface area contributed by atoms with Gasteiger partial charge in [0.25, 0.3) is 0 Å². The van der Waals surface area contributed by atoms with E-state index in [0.29, 0.717) is 12.6 Å². The molecule has 1 unspecified atom stereocenters. The van der Waals surface area contributed by atoms with Crippen molar-refractivity contribution in [1.29, 1.82) is 0 Å². The van der Waals surface area contributed by atoms with E-state index in [1.807, 2.05) is 0 Å². The van der Waals surface area contributed by atoms with E-state index in [4.69, 9.17) is 9.84 Å². The molecule has 0 radical (unpaired) electrons. The molecule has 88 valence electrons. The van der Waals surface area contributed by atoms with Crippen LogP contribution in [0.1, 0.15) is 39.5 Å². The van der Waals surface area contributed by atoms with Crippen LogP contribution >= 0.6 is 0 Å². The summed E-state index contributed by atoms with van der Waals surface area (Å²) in [5.74, 6) is -0.828. The number of unbranched alkanes of at least 4 members (excludes halogenated alkanes) is 1. The molecule has 1 fully saturated rings. The normalized spacial score (nSPS) is 19.9. The highest BCUT2D eigenvalue weighted by atomic mass is 16.5. The summed E-state index contributed by atoms with van der Waals surface area (Å²) in [7, 11) is 0. The van der Waals surface area contributed by atoms with E-state index in [2.05, 4.69) is 12.2 Å². The first-order valence-electron chi connectivity index (χ1n) is 5.67. The summed E-state index contributed by atoms with van der Waals surface area (Å²) in [6.45, 7) is 4.67. The molecule has 1 aliphatic carbocycles. The Labute approximate surface area is 91.0 Å². The van der Waals surface area contributed by atoms with Gasteiger partial charge in [-0.15, -0.1) is 0 Å². The fourth-order valence-electron chi connectivity index (χ4n) is 1.37. The first-order valence-corrected chi connectivity index (χ1v) is 5.67. The van der Waals surface area contributed by atoms with Crippen LogP contribution in [0.3, 0.4) is 0 Å². The lowest BCUT2D eigenvalue weighted by Crippen LogP contribution is -2.54. The first kappa shape index (κ1) is 12.5. The van der Waals surface area contributed by atoms with Crippen LogP contribution in [-0.4, -0.2) is 35.9 Å². The molecule has 0 aromatic carbocycles. The molecule has 0 amide bonds. The molecule has 1 saturated carbocycles. The summed E-state index contributed by atoms with van der Waals surface area (Å²) >= 11 is 0. The van der Waals surface area contributed by atoms with E-state index in [9.17, 15) is 4.79 Å². The average molecular weight is 215 g/mol. The van der Waals surface area contributed by atoms with Crippen molar-refractivity contribution >= 4 is 5.97 Å². The lowest BCUT2D eigenvalue weighted by atomic mass is 10.0. The third kappa shape index (κ3) is 4.18. The maximum atomic E-state index is 11.1. The Bertz CT molecular complexity index is 216. The fourth-order valence-corrected chi connectivity index (χ4v) is 1.37. The Kier molecular flexibility index (Phi) is 4.54. The van der Waals surface area contributed by atoms with E-state index < -0.39 is 11.5 Å². The van der Waals surface area contributed by atoms with Gasteiger partial charge in [0.1, 0.15) is 5.54 Å². The lowest BCUT2D eigenvalue weighted by Gasteiger charge is -2.26. The van der Waals surface area contributed by atoms with Crippen LogP contribution < -0.4 is 5.32 Å². The van der Waals surface area contributed by atoms with Gasteiger partial charge in [-0.2, -0.15) is 0 Å². The number of carboxylic acids is 1. The molecule has 1 rings (SSSR count). The fraction of sp³-hybridized carbons (Fsp3) is 0.909. The van der Waals surface area contributed by atoms with E-state index >= 15 is 0 Å². The molecular weight excluding hydrogens is 194 g/mol. The second-order valence-electron chi connectivity index (χ2n) is 4.46. The first-order chi connectivity index (χ1) is 7.08. The predicted molar refractivity (Wildman–Crippen MR) is 57.9 cm³/mol. The van der Waals surface area contributed by atoms with Crippen molar-refractivity contribution in [3.05, 3.63) is 0 Å². The lowest BCUT2D eigenvalue weighted by molar-refractivity contribution is -0.147. The van der Waals surface area contributed by atoms with E-state index in [-0.39, 0.29) is 6.61 Å². The number of carboxylic acid groups (broad SMARTS) is 1. The molecule has 0 aliphatic heterocycles. The third-order valence-corrected chi connectivity index (χ3v) is 2.61. The van der Waals surface area contributed by atoms with Gasteiger partial charge in [0.15, 0.2) is 0 Å². The van der Waals surface area contributed by atoms with Gasteiger partial charge in [0.2, 0.25) is 0 Å². The van der Waals surface area contributed by atoms with Gasteiger partial charge < -0.3 is 9.84 Å². The van der Waals surface area contributed by atoms with Gasteiger partial charge in [-0.1, -0.05) is 13.3 Å². The smallest absolute Gasteiger partial charge is 0.326 e. The highest BCUT2D eigenvalue weighted by molar-refractivity contribution is 5.78. The van der Waals surface area contributed by atoms with Gasteiger partial charge >= 0.3 is 5.97 Å². The van der Waals surface area contributed by atoms with Gasteiger partial charge in [0, 0.05) is 12.6 Å². The van der Waals surface area contributed by atoms with Crippen LogP contribution in [0.5, 0.6) is 0 Å². The highest BCUT2D eigenvalue weighted by Gasteiger charge is 2.38. The summed E-state index contributed by atoms with van der Waals surface area (Å²) in [5.41, 5.74) is -0.922. The Morgan fingerprint density at radius 2 is 2.27 bits per heavy atom. The maximum Gasteiger partial charge on any atom is 0.326 e. The molecule has 0 heterocycles. The van der Waals surface area contributed by atoms with Gasteiger partial charge in [-0.25, -0.2) is 0 Å². The van der Waals surface area contributed by atoms with E-state index in [0.717, 1.165) is 25.7 Å². The third-order valence-electron chi connectivity index (χ3n) is 2.61. The van der Waals surface area contributed by atoms with Crippen LogP contribution in [0.2, 0.25) is 0 Å². The van der Waals surface area contributed by atoms with Crippen molar-refractivity contribution in [2.75, 3.05) is 13.2 Å². The van der Waals surface area contributed by atoms with Crippen molar-refractivity contribution in [3.8, 4) is 0 Å². The molecule has 2 N–H and O–H groups in total. The zero-order chi connectivity index (χ0) is 11.3. The number of ether oxygens (including phenoxy) is 1. The van der Waals surface area contributed by atoms with Crippen LogP contribution in [-0.2, 0) is 9.53 Å². The summed E-state index contributed by atoms with van der Waals surface area (Å²) in [6, 6.07) is 0.376. The van der Waals surface area contributed by atoms with E-state index in [1.54, 1.807) is 6.92 Å². The minimum absolute atomic E-state index is 0.249. The summed E-state index contributed by atoms with van der Waals surface area (Å²) < 4.78 is 5.39.